The summed E-state index contributed by atoms with van der Waals surface area (Å²) in [6, 6.07) is 0. The second kappa shape index (κ2) is 6.13. The Balaban J connectivity index is 2.32. The van der Waals surface area contributed by atoms with E-state index in [9.17, 15) is 4.79 Å². The summed E-state index contributed by atoms with van der Waals surface area (Å²) in [4.78, 5) is 10.3. The second-order valence-electron chi connectivity index (χ2n) is 3.30. The lowest BCUT2D eigenvalue weighted by molar-refractivity contribution is -0.136. The molecule has 2 N–H and O–H groups in total. The Morgan fingerprint density at radius 2 is 2.27 bits per heavy atom. The number of carbonyl (C=O) groups is 1. The van der Waals surface area contributed by atoms with E-state index >= 15 is 0 Å². The molecule has 0 amide bonds. The average molecular weight is 213 g/mol. The first-order valence-electron chi connectivity index (χ1n) is 4.94. The number of rotatable bonds is 7. The number of aliphatic hydroxyl groups is 1. The average Bonchev–Trinajstić information content (AvgIpc) is 2.63. The third kappa shape index (κ3) is 4.55. The summed E-state index contributed by atoms with van der Waals surface area (Å²) in [7, 11) is 0. The summed E-state index contributed by atoms with van der Waals surface area (Å²) in [5.41, 5.74) is 0.696. The number of carboxylic acids is 1. The van der Waals surface area contributed by atoms with E-state index in [0.29, 0.717) is 18.7 Å². The fourth-order valence-corrected chi connectivity index (χ4v) is 1.18. The molecule has 0 saturated carbocycles. The van der Waals surface area contributed by atoms with Crippen LogP contribution in [0.2, 0.25) is 0 Å². The van der Waals surface area contributed by atoms with Crippen molar-refractivity contribution in [2.45, 2.75) is 32.2 Å². The highest BCUT2D eigenvalue weighted by Gasteiger charge is 2.03. The molecule has 0 unspecified atom stereocenters. The minimum atomic E-state index is -0.829. The molecule has 0 aliphatic carbocycles. The molecule has 0 atom stereocenters. The number of nitrogens with zero attached hydrogens (tertiary/aromatic N) is 3. The molecule has 6 nitrogen and oxygen atoms in total. The van der Waals surface area contributed by atoms with Crippen LogP contribution in [0.1, 0.15) is 25.0 Å². The Morgan fingerprint density at radius 1 is 1.47 bits per heavy atom. The van der Waals surface area contributed by atoms with Crippen molar-refractivity contribution >= 4 is 5.97 Å². The van der Waals surface area contributed by atoms with Gasteiger partial charge in [-0.25, -0.2) is 0 Å². The smallest absolute Gasteiger partial charge is 0.303 e. The van der Waals surface area contributed by atoms with Crippen molar-refractivity contribution in [2.24, 2.45) is 0 Å². The normalized spacial score (nSPS) is 10.5. The molecule has 0 aliphatic heterocycles. The van der Waals surface area contributed by atoms with Gasteiger partial charge >= 0.3 is 5.97 Å². The Labute approximate surface area is 87.5 Å². The van der Waals surface area contributed by atoms with Crippen LogP contribution in [0.25, 0.3) is 0 Å². The predicted octanol–water partition coefficient (Wildman–Crippen LogP) is 0.0678. The van der Waals surface area contributed by atoms with Crippen LogP contribution in [0, 0.1) is 0 Å². The molecule has 6 heteroatoms. The molecule has 1 aromatic rings. The number of aliphatic hydroxyl groups excluding tert-OH is 1. The standard InChI is InChI=1S/C9H15N3O3/c13-6-2-1-5-12-7-8(10-11-12)3-4-9(14)15/h7,13H,1-6H2,(H,14,15). The molecule has 1 rings (SSSR count). The molecule has 15 heavy (non-hydrogen) atoms. The Kier molecular flexibility index (Phi) is 4.76. The van der Waals surface area contributed by atoms with Gasteiger partial charge in [0.1, 0.15) is 0 Å². The monoisotopic (exact) mass is 213 g/mol. The zero-order valence-corrected chi connectivity index (χ0v) is 8.46. The quantitative estimate of drug-likeness (QED) is 0.625. The van der Waals surface area contributed by atoms with Gasteiger partial charge in [-0.05, 0) is 12.8 Å². The van der Waals surface area contributed by atoms with Gasteiger partial charge in [0.15, 0.2) is 0 Å². The van der Waals surface area contributed by atoms with Gasteiger partial charge < -0.3 is 10.2 Å². The molecule has 0 bridgehead atoms. The Morgan fingerprint density at radius 3 is 2.93 bits per heavy atom. The molecule has 1 heterocycles. The lowest BCUT2D eigenvalue weighted by atomic mass is 10.2. The highest BCUT2D eigenvalue weighted by molar-refractivity contribution is 5.66. The number of unbranched alkanes of at least 4 members (excludes halogenated alkanes) is 1. The van der Waals surface area contributed by atoms with Crippen molar-refractivity contribution in [1.82, 2.24) is 15.0 Å². The van der Waals surface area contributed by atoms with Gasteiger partial charge in [-0.3, -0.25) is 9.48 Å². The summed E-state index contributed by atoms with van der Waals surface area (Å²) in [5, 5.41) is 24.8. The fourth-order valence-electron chi connectivity index (χ4n) is 1.18. The highest BCUT2D eigenvalue weighted by atomic mass is 16.4. The third-order valence-corrected chi connectivity index (χ3v) is 1.98. The first kappa shape index (κ1) is 11.6. The molecule has 0 aromatic carbocycles. The number of hydrogen-bond donors (Lipinski definition) is 2. The van der Waals surface area contributed by atoms with Crippen LogP contribution in [-0.4, -0.2) is 37.8 Å². The number of carboxylic acid groups (broad SMARTS) is 1. The van der Waals surface area contributed by atoms with Crippen molar-refractivity contribution in [2.75, 3.05) is 6.61 Å². The minimum absolute atomic E-state index is 0.0787. The number of aryl methyl sites for hydroxylation is 2. The van der Waals surface area contributed by atoms with Gasteiger partial charge in [-0.1, -0.05) is 5.21 Å². The van der Waals surface area contributed by atoms with Gasteiger partial charge in [-0.2, -0.15) is 0 Å². The minimum Gasteiger partial charge on any atom is -0.481 e. The summed E-state index contributed by atoms with van der Waals surface area (Å²) < 4.78 is 1.67. The maximum absolute atomic E-state index is 10.3. The van der Waals surface area contributed by atoms with E-state index in [1.165, 1.54) is 0 Å². The topological polar surface area (TPSA) is 88.2 Å². The van der Waals surface area contributed by atoms with Gasteiger partial charge in [0.25, 0.3) is 0 Å². The molecule has 0 radical (unpaired) electrons. The molecule has 0 fully saturated rings. The van der Waals surface area contributed by atoms with Gasteiger partial charge in [0.05, 0.1) is 12.1 Å². The van der Waals surface area contributed by atoms with Crippen molar-refractivity contribution < 1.29 is 15.0 Å². The highest BCUT2D eigenvalue weighted by Crippen LogP contribution is 2.00. The predicted molar refractivity (Wildman–Crippen MR) is 52.3 cm³/mol. The van der Waals surface area contributed by atoms with Crippen LogP contribution >= 0.6 is 0 Å². The Bertz CT molecular complexity index is 311. The molecule has 1 aromatic heterocycles. The fraction of sp³-hybridized carbons (Fsp3) is 0.667. The number of hydrogen-bond acceptors (Lipinski definition) is 4. The first-order valence-corrected chi connectivity index (χ1v) is 4.94. The zero-order valence-electron chi connectivity index (χ0n) is 8.46. The van der Waals surface area contributed by atoms with E-state index in [1.54, 1.807) is 10.9 Å². The van der Waals surface area contributed by atoms with E-state index in [-0.39, 0.29) is 13.0 Å². The Hall–Kier alpha value is -1.43. The largest absolute Gasteiger partial charge is 0.481 e. The summed E-state index contributed by atoms with van der Waals surface area (Å²) in [6.07, 6.45) is 3.83. The third-order valence-electron chi connectivity index (χ3n) is 1.98. The summed E-state index contributed by atoms with van der Waals surface area (Å²) >= 11 is 0. The lowest BCUT2D eigenvalue weighted by Gasteiger charge is -1.97. The van der Waals surface area contributed by atoms with Crippen LogP contribution in [0.5, 0.6) is 0 Å². The number of aliphatic carboxylic acids is 1. The van der Waals surface area contributed by atoms with Crippen molar-refractivity contribution in [1.29, 1.82) is 0 Å². The van der Waals surface area contributed by atoms with E-state index < -0.39 is 5.97 Å². The van der Waals surface area contributed by atoms with E-state index in [1.807, 2.05) is 0 Å². The van der Waals surface area contributed by atoms with Crippen LogP contribution in [-0.2, 0) is 17.8 Å². The summed E-state index contributed by atoms with van der Waals surface area (Å²) in [6.45, 7) is 0.890. The lowest BCUT2D eigenvalue weighted by Crippen LogP contribution is -1.99. The second-order valence-corrected chi connectivity index (χ2v) is 3.30. The van der Waals surface area contributed by atoms with Crippen LogP contribution in [0.3, 0.4) is 0 Å². The van der Waals surface area contributed by atoms with E-state index in [4.69, 9.17) is 10.2 Å². The van der Waals surface area contributed by atoms with Gasteiger partial charge in [0.2, 0.25) is 0 Å². The number of aromatic nitrogens is 3. The maximum Gasteiger partial charge on any atom is 0.303 e. The van der Waals surface area contributed by atoms with Crippen LogP contribution < -0.4 is 0 Å². The molecular weight excluding hydrogens is 198 g/mol. The zero-order chi connectivity index (χ0) is 11.1. The van der Waals surface area contributed by atoms with Crippen molar-refractivity contribution in [3.63, 3.8) is 0 Å². The van der Waals surface area contributed by atoms with E-state index in [2.05, 4.69) is 10.3 Å². The molecule has 0 spiro atoms. The maximum atomic E-state index is 10.3. The summed E-state index contributed by atoms with van der Waals surface area (Å²) in [5.74, 6) is -0.829. The molecule has 0 saturated heterocycles. The molecular formula is C9H15N3O3. The van der Waals surface area contributed by atoms with Crippen LogP contribution in [0.15, 0.2) is 6.20 Å². The van der Waals surface area contributed by atoms with Crippen LogP contribution in [0.4, 0.5) is 0 Å². The van der Waals surface area contributed by atoms with Gasteiger partial charge in [0, 0.05) is 25.8 Å². The van der Waals surface area contributed by atoms with Crippen molar-refractivity contribution in [3.05, 3.63) is 11.9 Å². The first-order chi connectivity index (χ1) is 7.22. The van der Waals surface area contributed by atoms with Gasteiger partial charge in [-0.15, -0.1) is 5.10 Å². The molecule has 84 valence electrons. The molecule has 0 aliphatic rings. The SMILES string of the molecule is O=C(O)CCc1cn(CCCCO)nn1. The van der Waals surface area contributed by atoms with E-state index in [0.717, 1.165) is 12.8 Å². The van der Waals surface area contributed by atoms with Crippen molar-refractivity contribution in [3.8, 4) is 0 Å².